The molecule has 2 aromatic heterocycles. The Morgan fingerprint density at radius 3 is 2.74 bits per heavy atom. The Morgan fingerprint density at radius 2 is 2.11 bits per heavy atom. The zero-order valence-electron chi connectivity index (χ0n) is 16.3. The molecule has 1 atom stereocenters. The van der Waals surface area contributed by atoms with Crippen LogP contribution < -0.4 is 10.1 Å². The Kier molecular flexibility index (Phi) is 6.40. The number of ether oxygens (including phenoxy) is 1. The third-order valence-corrected chi connectivity index (χ3v) is 4.81. The molecule has 0 bridgehead atoms. The summed E-state index contributed by atoms with van der Waals surface area (Å²) < 4.78 is 5.06. The van der Waals surface area contributed by atoms with Crippen LogP contribution in [0.3, 0.4) is 0 Å². The van der Waals surface area contributed by atoms with E-state index in [1.807, 2.05) is 18.2 Å². The van der Waals surface area contributed by atoms with Crippen molar-refractivity contribution in [3.05, 3.63) is 42.2 Å². The number of hydrogen-bond donors (Lipinski definition) is 1. The zero-order chi connectivity index (χ0) is 19.2. The second kappa shape index (κ2) is 8.95. The van der Waals surface area contributed by atoms with Crippen LogP contribution in [0, 0.1) is 11.8 Å². The maximum atomic E-state index is 12.4. The van der Waals surface area contributed by atoms with Crippen LogP contribution in [0.25, 0.3) is 11.3 Å². The Hall–Kier alpha value is -2.47. The quantitative estimate of drug-likeness (QED) is 0.814. The normalized spacial score (nSPS) is 17.3. The van der Waals surface area contributed by atoms with E-state index in [1.54, 1.807) is 25.6 Å². The molecule has 0 saturated carbocycles. The average Bonchev–Trinajstić information content (AvgIpc) is 3.13. The van der Waals surface area contributed by atoms with E-state index in [1.165, 1.54) is 0 Å². The molecule has 0 spiro atoms. The first-order valence-electron chi connectivity index (χ1n) is 9.52. The second-order valence-electron chi connectivity index (χ2n) is 7.54. The Labute approximate surface area is 161 Å². The topological polar surface area (TPSA) is 67.3 Å². The minimum atomic E-state index is -0.0655. The molecule has 1 N–H and O–H groups in total. The highest BCUT2D eigenvalue weighted by Gasteiger charge is 2.23. The van der Waals surface area contributed by atoms with Gasteiger partial charge in [-0.1, -0.05) is 13.8 Å². The number of nitrogens with zero attached hydrogens (tertiary/aromatic N) is 3. The van der Waals surface area contributed by atoms with E-state index in [4.69, 9.17) is 4.74 Å². The van der Waals surface area contributed by atoms with Gasteiger partial charge in [-0.2, -0.15) is 0 Å². The molecule has 0 unspecified atom stereocenters. The molecule has 6 heteroatoms. The van der Waals surface area contributed by atoms with Gasteiger partial charge in [0.15, 0.2) is 0 Å². The summed E-state index contributed by atoms with van der Waals surface area (Å²) in [7, 11) is 1.58. The first-order valence-corrected chi connectivity index (χ1v) is 9.52. The van der Waals surface area contributed by atoms with Gasteiger partial charge in [-0.05, 0) is 43.0 Å². The molecule has 0 radical (unpaired) electrons. The van der Waals surface area contributed by atoms with E-state index >= 15 is 0 Å². The van der Waals surface area contributed by atoms with Gasteiger partial charge in [-0.3, -0.25) is 9.78 Å². The molecule has 0 aliphatic carbocycles. The first-order chi connectivity index (χ1) is 13.0. The number of carbonyl (C=O) groups excluding carboxylic acids is 1. The lowest BCUT2D eigenvalue weighted by atomic mass is 10.1. The Balaban J connectivity index is 1.52. The van der Waals surface area contributed by atoms with Gasteiger partial charge in [-0.25, -0.2) is 4.98 Å². The van der Waals surface area contributed by atoms with Gasteiger partial charge in [0.05, 0.1) is 18.4 Å². The van der Waals surface area contributed by atoms with Crippen molar-refractivity contribution in [3.63, 3.8) is 0 Å². The fourth-order valence-corrected chi connectivity index (χ4v) is 3.45. The van der Waals surface area contributed by atoms with Crippen LogP contribution in [-0.2, 0) is 0 Å². The highest BCUT2D eigenvalue weighted by atomic mass is 16.5. The molecule has 1 fully saturated rings. The maximum absolute atomic E-state index is 12.4. The molecule has 3 heterocycles. The number of hydrogen-bond acceptors (Lipinski definition) is 5. The molecule has 27 heavy (non-hydrogen) atoms. The summed E-state index contributed by atoms with van der Waals surface area (Å²) in [4.78, 5) is 23.5. The Morgan fingerprint density at radius 1 is 1.26 bits per heavy atom. The van der Waals surface area contributed by atoms with Crippen molar-refractivity contribution in [2.24, 2.45) is 11.8 Å². The third-order valence-electron chi connectivity index (χ3n) is 4.81. The number of likely N-dealkylation sites (tertiary alicyclic amines) is 1. The highest BCUT2D eigenvalue weighted by molar-refractivity contribution is 5.94. The van der Waals surface area contributed by atoms with Crippen LogP contribution in [-0.4, -0.2) is 54.1 Å². The lowest BCUT2D eigenvalue weighted by Gasteiger charge is -2.18. The summed E-state index contributed by atoms with van der Waals surface area (Å²) in [5.41, 5.74) is 2.25. The summed E-state index contributed by atoms with van der Waals surface area (Å²) in [6.45, 7) is 8.54. The van der Waals surface area contributed by atoms with Crippen molar-refractivity contribution in [1.82, 2.24) is 20.2 Å². The van der Waals surface area contributed by atoms with Crippen molar-refractivity contribution in [2.45, 2.75) is 20.3 Å². The van der Waals surface area contributed by atoms with Crippen LogP contribution in [0.2, 0.25) is 0 Å². The van der Waals surface area contributed by atoms with Gasteiger partial charge in [0.1, 0.15) is 0 Å². The van der Waals surface area contributed by atoms with E-state index in [0.717, 1.165) is 43.9 Å². The second-order valence-corrected chi connectivity index (χ2v) is 7.54. The van der Waals surface area contributed by atoms with Crippen molar-refractivity contribution < 1.29 is 9.53 Å². The van der Waals surface area contributed by atoms with Crippen molar-refractivity contribution >= 4 is 5.91 Å². The molecule has 2 aromatic rings. The van der Waals surface area contributed by atoms with Crippen molar-refractivity contribution in [2.75, 3.05) is 33.3 Å². The van der Waals surface area contributed by atoms with E-state index < -0.39 is 0 Å². The number of carbonyl (C=O) groups is 1. The zero-order valence-corrected chi connectivity index (χ0v) is 16.3. The summed E-state index contributed by atoms with van der Waals surface area (Å²) in [5, 5.41) is 3.05. The van der Waals surface area contributed by atoms with Crippen LogP contribution in [0.5, 0.6) is 5.88 Å². The maximum Gasteiger partial charge on any atom is 0.252 e. The summed E-state index contributed by atoms with van der Waals surface area (Å²) in [6, 6.07) is 7.35. The van der Waals surface area contributed by atoms with E-state index in [9.17, 15) is 4.79 Å². The summed E-state index contributed by atoms with van der Waals surface area (Å²) >= 11 is 0. The van der Waals surface area contributed by atoms with E-state index in [-0.39, 0.29) is 5.91 Å². The summed E-state index contributed by atoms with van der Waals surface area (Å²) in [5.74, 6) is 1.71. The number of aromatic nitrogens is 2. The highest BCUT2D eigenvalue weighted by Crippen LogP contribution is 2.19. The number of rotatable bonds is 7. The van der Waals surface area contributed by atoms with Crippen LogP contribution in [0.15, 0.2) is 36.7 Å². The van der Waals surface area contributed by atoms with Gasteiger partial charge in [0.25, 0.3) is 5.91 Å². The first kappa shape index (κ1) is 19.3. The SMILES string of the molecule is COc1ccc(-c2ccc(C(=O)NC[C@H]3CCN(CC(C)C)C3)cn2)cn1. The number of methoxy groups -OCH3 is 1. The van der Waals surface area contributed by atoms with Gasteiger partial charge >= 0.3 is 0 Å². The average molecular weight is 368 g/mol. The predicted octanol–water partition coefficient (Wildman–Crippen LogP) is 2.86. The van der Waals surface area contributed by atoms with E-state index in [2.05, 4.69) is 34.0 Å². The van der Waals surface area contributed by atoms with Crippen molar-refractivity contribution in [3.8, 4) is 17.1 Å². The molecular weight excluding hydrogens is 340 g/mol. The number of amides is 1. The summed E-state index contributed by atoms with van der Waals surface area (Å²) in [6.07, 6.45) is 4.48. The molecule has 144 valence electrons. The van der Waals surface area contributed by atoms with Crippen LogP contribution >= 0.6 is 0 Å². The van der Waals surface area contributed by atoms with Crippen LogP contribution in [0.1, 0.15) is 30.6 Å². The molecule has 1 amide bonds. The van der Waals surface area contributed by atoms with Gasteiger partial charge in [-0.15, -0.1) is 0 Å². The lowest BCUT2D eigenvalue weighted by Crippen LogP contribution is -2.31. The number of nitrogens with one attached hydrogen (secondary N) is 1. The van der Waals surface area contributed by atoms with Crippen LogP contribution in [0.4, 0.5) is 0 Å². The monoisotopic (exact) mass is 368 g/mol. The number of pyridine rings is 2. The Bertz CT molecular complexity index is 744. The van der Waals surface area contributed by atoms with Gasteiger partial charge in [0, 0.05) is 43.7 Å². The minimum Gasteiger partial charge on any atom is -0.481 e. The predicted molar refractivity (Wildman–Crippen MR) is 106 cm³/mol. The molecule has 1 aliphatic rings. The fourth-order valence-electron chi connectivity index (χ4n) is 3.45. The molecule has 1 aliphatic heterocycles. The fraction of sp³-hybridized carbons (Fsp3) is 0.476. The van der Waals surface area contributed by atoms with Gasteiger partial charge < -0.3 is 15.0 Å². The molecule has 6 nitrogen and oxygen atoms in total. The van der Waals surface area contributed by atoms with Gasteiger partial charge in [0.2, 0.25) is 5.88 Å². The lowest BCUT2D eigenvalue weighted by molar-refractivity contribution is 0.0947. The molecular formula is C21H28N4O2. The molecule has 3 rings (SSSR count). The largest absolute Gasteiger partial charge is 0.481 e. The van der Waals surface area contributed by atoms with Crippen molar-refractivity contribution in [1.29, 1.82) is 0 Å². The standard InChI is InChI=1S/C21H28N4O2/c1-15(2)13-25-9-8-16(14-25)10-24-21(26)18-4-6-19(22-12-18)17-5-7-20(27-3)23-11-17/h4-7,11-12,15-16H,8-10,13-14H2,1-3H3,(H,24,26)/t16-/m1/s1. The van der Waals surface area contributed by atoms with E-state index in [0.29, 0.717) is 23.3 Å². The molecule has 1 saturated heterocycles. The molecule has 0 aromatic carbocycles. The minimum absolute atomic E-state index is 0.0655. The third kappa shape index (κ3) is 5.26. The smallest absolute Gasteiger partial charge is 0.252 e.